The SMILES string of the molecule is CCOc1ccc(C(=O)CCBr)c(F)c1. The molecule has 0 bridgehead atoms. The lowest BCUT2D eigenvalue weighted by molar-refractivity contribution is 0.0986. The summed E-state index contributed by atoms with van der Waals surface area (Å²) in [5.41, 5.74) is 0.123. The molecule has 0 amide bonds. The Kier molecular flexibility index (Phi) is 4.75. The van der Waals surface area contributed by atoms with E-state index in [1.165, 1.54) is 12.1 Å². The maximum atomic E-state index is 13.4. The first-order chi connectivity index (χ1) is 7.19. The van der Waals surface area contributed by atoms with E-state index in [9.17, 15) is 9.18 Å². The van der Waals surface area contributed by atoms with Crippen LogP contribution in [0.3, 0.4) is 0 Å². The van der Waals surface area contributed by atoms with Gasteiger partial charge in [0.05, 0.1) is 12.2 Å². The van der Waals surface area contributed by atoms with Crippen molar-refractivity contribution in [1.82, 2.24) is 0 Å². The number of carbonyl (C=O) groups is 1. The molecule has 0 spiro atoms. The van der Waals surface area contributed by atoms with Gasteiger partial charge in [-0.15, -0.1) is 0 Å². The van der Waals surface area contributed by atoms with E-state index in [4.69, 9.17) is 4.74 Å². The van der Waals surface area contributed by atoms with Crippen molar-refractivity contribution < 1.29 is 13.9 Å². The van der Waals surface area contributed by atoms with Gasteiger partial charge in [-0.3, -0.25) is 4.79 Å². The van der Waals surface area contributed by atoms with Crippen molar-refractivity contribution in [2.75, 3.05) is 11.9 Å². The highest BCUT2D eigenvalue weighted by Gasteiger charge is 2.11. The Labute approximate surface area is 96.6 Å². The molecule has 15 heavy (non-hydrogen) atoms. The molecule has 0 aromatic heterocycles. The lowest BCUT2D eigenvalue weighted by Crippen LogP contribution is -2.03. The highest BCUT2D eigenvalue weighted by Crippen LogP contribution is 2.18. The number of alkyl halides is 1. The summed E-state index contributed by atoms with van der Waals surface area (Å²) in [6, 6.07) is 4.31. The van der Waals surface area contributed by atoms with Crippen molar-refractivity contribution in [3.63, 3.8) is 0 Å². The molecule has 0 radical (unpaired) electrons. The molecule has 0 fully saturated rings. The number of ketones is 1. The molecule has 0 heterocycles. The summed E-state index contributed by atoms with van der Waals surface area (Å²) in [4.78, 5) is 11.4. The van der Waals surface area contributed by atoms with Crippen LogP contribution in [0.25, 0.3) is 0 Å². The minimum atomic E-state index is -0.521. The van der Waals surface area contributed by atoms with E-state index in [1.54, 1.807) is 6.07 Å². The van der Waals surface area contributed by atoms with Gasteiger partial charge in [-0.1, -0.05) is 15.9 Å². The van der Waals surface area contributed by atoms with Crippen molar-refractivity contribution in [2.45, 2.75) is 13.3 Å². The van der Waals surface area contributed by atoms with E-state index < -0.39 is 5.82 Å². The molecule has 1 rings (SSSR count). The van der Waals surface area contributed by atoms with Gasteiger partial charge in [0.15, 0.2) is 5.78 Å². The average Bonchev–Trinajstić information content (AvgIpc) is 2.18. The summed E-state index contributed by atoms with van der Waals surface area (Å²) in [5, 5.41) is 0.540. The van der Waals surface area contributed by atoms with E-state index in [0.29, 0.717) is 24.1 Å². The first-order valence-electron chi connectivity index (χ1n) is 4.70. The largest absolute Gasteiger partial charge is 0.494 e. The zero-order chi connectivity index (χ0) is 11.3. The monoisotopic (exact) mass is 274 g/mol. The summed E-state index contributed by atoms with van der Waals surface area (Å²) in [6.07, 6.45) is 0.297. The fraction of sp³-hybridized carbons (Fsp3) is 0.364. The van der Waals surface area contributed by atoms with Crippen LogP contribution in [-0.4, -0.2) is 17.7 Å². The van der Waals surface area contributed by atoms with Gasteiger partial charge in [0, 0.05) is 17.8 Å². The van der Waals surface area contributed by atoms with Crippen molar-refractivity contribution in [3.05, 3.63) is 29.6 Å². The maximum Gasteiger partial charge on any atom is 0.166 e. The Hall–Kier alpha value is -0.900. The van der Waals surface area contributed by atoms with Gasteiger partial charge in [-0.2, -0.15) is 0 Å². The van der Waals surface area contributed by atoms with Crippen LogP contribution in [0.15, 0.2) is 18.2 Å². The Morgan fingerprint density at radius 2 is 2.27 bits per heavy atom. The highest BCUT2D eigenvalue weighted by molar-refractivity contribution is 9.09. The molecule has 82 valence electrons. The highest BCUT2D eigenvalue weighted by atomic mass is 79.9. The second-order valence-corrected chi connectivity index (χ2v) is 3.73. The van der Waals surface area contributed by atoms with E-state index in [2.05, 4.69) is 15.9 Å². The molecule has 0 aliphatic rings. The first-order valence-corrected chi connectivity index (χ1v) is 5.82. The predicted molar refractivity (Wildman–Crippen MR) is 60.3 cm³/mol. The Morgan fingerprint density at radius 3 is 2.80 bits per heavy atom. The van der Waals surface area contributed by atoms with Crippen LogP contribution in [0, 0.1) is 5.82 Å². The standard InChI is InChI=1S/C11H12BrFO2/c1-2-15-8-3-4-9(10(13)7-8)11(14)5-6-12/h3-4,7H,2,5-6H2,1H3. The zero-order valence-electron chi connectivity index (χ0n) is 8.43. The summed E-state index contributed by atoms with van der Waals surface area (Å²) >= 11 is 3.14. The fourth-order valence-electron chi connectivity index (χ4n) is 1.20. The van der Waals surface area contributed by atoms with Crippen LogP contribution in [0.1, 0.15) is 23.7 Å². The average molecular weight is 275 g/mol. The topological polar surface area (TPSA) is 26.3 Å². The lowest BCUT2D eigenvalue weighted by Gasteiger charge is -2.05. The quantitative estimate of drug-likeness (QED) is 0.609. The molecule has 0 unspecified atom stereocenters. The van der Waals surface area contributed by atoms with Gasteiger partial charge in [0.25, 0.3) is 0 Å². The number of halogens is 2. The van der Waals surface area contributed by atoms with Crippen LogP contribution >= 0.6 is 15.9 Å². The number of rotatable bonds is 5. The Bertz CT molecular complexity index is 352. The van der Waals surface area contributed by atoms with Crippen LogP contribution in [0.2, 0.25) is 0 Å². The molecule has 2 nitrogen and oxygen atoms in total. The zero-order valence-corrected chi connectivity index (χ0v) is 10.0. The van der Waals surface area contributed by atoms with Gasteiger partial charge in [-0.05, 0) is 19.1 Å². The summed E-state index contributed by atoms with van der Waals surface area (Å²) in [7, 11) is 0. The molecule has 1 aromatic rings. The van der Waals surface area contributed by atoms with E-state index in [1.807, 2.05) is 6.92 Å². The van der Waals surface area contributed by atoms with Crippen molar-refractivity contribution >= 4 is 21.7 Å². The smallest absolute Gasteiger partial charge is 0.166 e. The molecule has 0 saturated heterocycles. The van der Waals surface area contributed by atoms with Crippen molar-refractivity contribution in [1.29, 1.82) is 0 Å². The minimum Gasteiger partial charge on any atom is -0.494 e. The van der Waals surface area contributed by atoms with Crippen LogP contribution in [-0.2, 0) is 0 Å². The third-order valence-electron chi connectivity index (χ3n) is 1.87. The van der Waals surface area contributed by atoms with Gasteiger partial charge < -0.3 is 4.74 Å². The minimum absolute atomic E-state index is 0.123. The molecule has 1 aromatic carbocycles. The second-order valence-electron chi connectivity index (χ2n) is 2.94. The van der Waals surface area contributed by atoms with Crippen LogP contribution < -0.4 is 4.74 Å². The molecular formula is C11H12BrFO2. The number of carbonyl (C=O) groups excluding carboxylic acids is 1. The Morgan fingerprint density at radius 1 is 1.53 bits per heavy atom. The number of hydrogen-bond donors (Lipinski definition) is 0. The number of Topliss-reactive ketones (excluding diaryl/α,β-unsaturated/α-hetero) is 1. The number of benzene rings is 1. The molecule has 4 heteroatoms. The van der Waals surface area contributed by atoms with Crippen LogP contribution in [0.5, 0.6) is 5.75 Å². The fourth-order valence-corrected chi connectivity index (χ4v) is 1.56. The van der Waals surface area contributed by atoms with Crippen molar-refractivity contribution in [2.24, 2.45) is 0 Å². The normalized spacial score (nSPS) is 10.1. The van der Waals surface area contributed by atoms with Gasteiger partial charge in [0.1, 0.15) is 11.6 Å². The summed E-state index contributed by atoms with van der Waals surface area (Å²) in [6.45, 7) is 2.30. The molecule has 0 saturated carbocycles. The first kappa shape index (κ1) is 12.2. The van der Waals surface area contributed by atoms with E-state index in [-0.39, 0.29) is 11.3 Å². The molecule has 0 aliphatic heterocycles. The molecule has 0 atom stereocenters. The van der Waals surface area contributed by atoms with Gasteiger partial charge in [-0.25, -0.2) is 4.39 Å². The van der Waals surface area contributed by atoms with Crippen LogP contribution in [0.4, 0.5) is 4.39 Å². The summed E-state index contributed by atoms with van der Waals surface area (Å²) in [5.74, 6) is -0.273. The molecule has 0 N–H and O–H groups in total. The number of hydrogen-bond acceptors (Lipinski definition) is 2. The molecular weight excluding hydrogens is 263 g/mol. The Balaban J connectivity index is 2.87. The predicted octanol–water partition coefficient (Wildman–Crippen LogP) is 3.19. The molecule has 0 aliphatic carbocycles. The van der Waals surface area contributed by atoms with E-state index in [0.717, 1.165) is 0 Å². The van der Waals surface area contributed by atoms with Gasteiger partial charge >= 0.3 is 0 Å². The van der Waals surface area contributed by atoms with Crippen molar-refractivity contribution in [3.8, 4) is 5.75 Å². The van der Waals surface area contributed by atoms with E-state index >= 15 is 0 Å². The second kappa shape index (κ2) is 5.85. The number of ether oxygens (including phenoxy) is 1. The maximum absolute atomic E-state index is 13.4. The summed E-state index contributed by atoms with van der Waals surface area (Å²) < 4.78 is 18.6. The lowest BCUT2D eigenvalue weighted by atomic mass is 10.1. The third kappa shape index (κ3) is 3.30. The van der Waals surface area contributed by atoms with Gasteiger partial charge in [0.2, 0.25) is 0 Å². The third-order valence-corrected chi connectivity index (χ3v) is 2.27.